The predicted molar refractivity (Wildman–Crippen MR) is 93.9 cm³/mol. The highest BCUT2D eigenvalue weighted by atomic mass is 16.4. The highest BCUT2D eigenvalue weighted by Crippen LogP contribution is 2.34. The van der Waals surface area contributed by atoms with Crippen molar-refractivity contribution in [3.63, 3.8) is 0 Å². The maximum absolute atomic E-state index is 11.4. The number of H-pyrrole nitrogens is 1. The van der Waals surface area contributed by atoms with E-state index in [9.17, 15) is 9.90 Å². The van der Waals surface area contributed by atoms with Crippen LogP contribution < -0.4 is 0 Å². The Hall–Kier alpha value is -2.55. The van der Waals surface area contributed by atoms with Gasteiger partial charge in [-0.05, 0) is 35.6 Å². The Balaban J connectivity index is 2.31. The lowest BCUT2D eigenvalue weighted by molar-refractivity contribution is -0.136. The van der Waals surface area contributed by atoms with Gasteiger partial charge in [0, 0.05) is 10.9 Å². The van der Waals surface area contributed by atoms with Crippen LogP contribution in [0.1, 0.15) is 36.5 Å². The van der Waals surface area contributed by atoms with Crippen LogP contribution in [0.5, 0.6) is 0 Å². The first-order valence-corrected chi connectivity index (χ1v) is 7.89. The van der Waals surface area contributed by atoms with Crippen LogP contribution in [-0.2, 0) is 11.2 Å². The van der Waals surface area contributed by atoms with Gasteiger partial charge in [0.05, 0.1) is 12.1 Å². The van der Waals surface area contributed by atoms with E-state index in [2.05, 4.69) is 31.0 Å². The molecule has 3 rings (SSSR count). The van der Waals surface area contributed by atoms with Gasteiger partial charge >= 0.3 is 5.97 Å². The molecule has 23 heavy (non-hydrogen) atoms. The zero-order valence-corrected chi connectivity index (χ0v) is 13.7. The summed E-state index contributed by atoms with van der Waals surface area (Å²) < 4.78 is 0. The molecule has 0 aliphatic heterocycles. The monoisotopic (exact) mass is 307 g/mol. The van der Waals surface area contributed by atoms with Gasteiger partial charge in [0.1, 0.15) is 0 Å². The van der Waals surface area contributed by atoms with Crippen LogP contribution >= 0.6 is 0 Å². The number of aliphatic carboxylic acids is 1. The van der Waals surface area contributed by atoms with E-state index in [4.69, 9.17) is 0 Å². The summed E-state index contributed by atoms with van der Waals surface area (Å²) in [6, 6.07) is 14.3. The number of benzene rings is 2. The van der Waals surface area contributed by atoms with Crippen LogP contribution in [0.4, 0.5) is 0 Å². The maximum atomic E-state index is 11.4. The second kappa shape index (κ2) is 5.92. The molecule has 0 saturated heterocycles. The highest BCUT2D eigenvalue weighted by Gasteiger charge is 2.18. The van der Waals surface area contributed by atoms with Gasteiger partial charge in [-0.1, -0.05) is 55.8 Å². The molecule has 3 nitrogen and oxygen atoms in total. The SMILES string of the molecule is Cc1cccc(-c2[nH]c3c(C(C)C)cccc3c2CC(=O)O)c1. The first-order chi connectivity index (χ1) is 11.0. The van der Waals surface area contributed by atoms with E-state index >= 15 is 0 Å². The maximum Gasteiger partial charge on any atom is 0.307 e. The van der Waals surface area contributed by atoms with Crippen LogP contribution in [0.25, 0.3) is 22.2 Å². The van der Waals surface area contributed by atoms with E-state index in [1.807, 2.05) is 37.3 Å². The average Bonchev–Trinajstić information content (AvgIpc) is 2.85. The third-order valence-corrected chi connectivity index (χ3v) is 4.23. The Labute approximate surface area is 136 Å². The number of carboxylic acid groups (broad SMARTS) is 1. The number of para-hydroxylation sites is 1. The summed E-state index contributed by atoms with van der Waals surface area (Å²) in [5.41, 5.74) is 6.24. The molecule has 3 aromatic rings. The molecule has 0 fully saturated rings. The third-order valence-electron chi connectivity index (χ3n) is 4.23. The third kappa shape index (κ3) is 2.87. The minimum Gasteiger partial charge on any atom is -0.481 e. The summed E-state index contributed by atoms with van der Waals surface area (Å²) in [6.07, 6.45) is 0.0187. The van der Waals surface area contributed by atoms with Crippen molar-refractivity contribution in [1.29, 1.82) is 0 Å². The van der Waals surface area contributed by atoms with Crippen molar-refractivity contribution in [2.75, 3.05) is 0 Å². The quantitative estimate of drug-likeness (QED) is 0.720. The second-order valence-corrected chi connectivity index (χ2v) is 6.34. The molecule has 0 saturated carbocycles. The van der Waals surface area contributed by atoms with Crippen LogP contribution in [0.15, 0.2) is 42.5 Å². The smallest absolute Gasteiger partial charge is 0.307 e. The molecule has 0 amide bonds. The van der Waals surface area contributed by atoms with Crippen LogP contribution in [0.3, 0.4) is 0 Å². The molecule has 0 unspecified atom stereocenters. The molecule has 118 valence electrons. The lowest BCUT2D eigenvalue weighted by atomic mass is 9.97. The number of hydrogen-bond donors (Lipinski definition) is 2. The molecule has 1 heterocycles. The molecule has 2 aromatic carbocycles. The predicted octanol–water partition coefficient (Wildman–Crippen LogP) is 4.89. The van der Waals surface area contributed by atoms with Crippen molar-refractivity contribution >= 4 is 16.9 Å². The number of aryl methyl sites for hydroxylation is 1. The van der Waals surface area contributed by atoms with E-state index in [0.717, 1.165) is 33.3 Å². The standard InChI is InChI=1S/C20H21NO2/c1-12(2)15-8-5-9-16-17(11-18(22)23)19(21-20(15)16)14-7-4-6-13(3)10-14/h4-10,12,21H,11H2,1-3H3,(H,22,23). The summed E-state index contributed by atoms with van der Waals surface area (Å²) in [7, 11) is 0. The number of aromatic amines is 1. The molecule has 0 spiro atoms. The van der Waals surface area contributed by atoms with Gasteiger partial charge in [0.15, 0.2) is 0 Å². The number of hydrogen-bond acceptors (Lipinski definition) is 1. The van der Waals surface area contributed by atoms with Gasteiger partial charge in [-0.2, -0.15) is 0 Å². The first kappa shape index (κ1) is 15.3. The molecule has 1 aromatic heterocycles. The summed E-state index contributed by atoms with van der Waals surface area (Å²) >= 11 is 0. The Morgan fingerprint density at radius 3 is 2.57 bits per heavy atom. The Morgan fingerprint density at radius 1 is 1.17 bits per heavy atom. The minimum absolute atomic E-state index is 0.0187. The molecule has 0 aliphatic rings. The lowest BCUT2D eigenvalue weighted by Gasteiger charge is -2.06. The largest absolute Gasteiger partial charge is 0.481 e. The van der Waals surface area contributed by atoms with E-state index in [-0.39, 0.29) is 6.42 Å². The minimum atomic E-state index is -0.810. The first-order valence-electron chi connectivity index (χ1n) is 7.89. The van der Waals surface area contributed by atoms with Gasteiger partial charge in [-0.15, -0.1) is 0 Å². The fraction of sp³-hybridized carbons (Fsp3) is 0.250. The number of rotatable bonds is 4. The summed E-state index contributed by atoms with van der Waals surface area (Å²) in [5, 5.41) is 10.3. The summed E-state index contributed by atoms with van der Waals surface area (Å²) in [4.78, 5) is 14.9. The number of carboxylic acids is 1. The molecule has 0 aliphatic carbocycles. The fourth-order valence-electron chi connectivity index (χ4n) is 3.16. The van der Waals surface area contributed by atoms with Gasteiger partial charge in [-0.25, -0.2) is 0 Å². The van der Waals surface area contributed by atoms with E-state index < -0.39 is 5.97 Å². The number of nitrogens with one attached hydrogen (secondary N) is 1. The van der Waals surface area contributed by atoms with Gasteiger partial charge in [0.2, 0.25) is 0 Å². The van der Waals surface area contributed by atoms with Crippen molar-refractivity contribution < 1.29 is 9.90 Å². The summed E-state index contributed by atoms with van der Waals surface area (Å²) in [5.74, 6) is -0.435. The van der Waals surface area contributed by atoms with Crippen LogP contribution in [-0.4, -0.2) is 16.1 Å². The van der Waals surface area contributed by atoms with E-state index in [0.29, 0.717) is 5.92 Å². The second-order valence-electron chi connectivity index (χ2n) is 6.34. The Morgan fingerprint density at radius 2 is 1.91 bits per heavy atom. The lowest BCUT2D eigenvalue weighted by Crippen LogP contribution is -2.01. The van der Waals surface area contributed by atoms with Crippen LogP contribution in [0.2, 0.25) is 0 Å². The Bertz CT molecular complexity index is 874. The molecule has 2 N–H and O–H groups in total. The zero-order chi connectivity index (χ0) is 16.6. The number of aromatic nitrogens is 1. The molecule has 0 radical (unpaired) electrons. The van der Waals surface area contributed by atoms with Gasteiger partial charge < -0.3 is 10.1 Å². The summed E-state index contributed by atoms with van der Waals surface area (Å²) in [6.45, 7) is 6.35. The van der Waals surface area contributed by atoms with Crippen molar-refractivity contribution in [1.82, 2.24) is 4.98 Å². The topological polar surface area (TPSA) is 53.1 Å². The molecular weight excluding hydrogens is 286 g/mol. The molecule has 3 heteroatoms. The Kier molecular flexibility index (Phi) is 3.95. The fourth-order valence-corrected chi connectivity index (χ4v) is 3.16. The van der Waals surface area contributed by atoms with Crippen molar-refractivity contribution in [2.45, 2.75) is 33.1 Å². The van der Waals surface area contributed by atoms with Crippen molar-refractivity contribution in [2.24, 2.45) is 0 Å². The normalized spacial score (nSPS) is 11.3. The zero-order valence-electron chi connectivity index (χ0n) is 13.7. The van der Waals surface area contributed by atoms with Crippen LogP contribution in [0, 0.1) is 6.92 Å². The van der Waals surface area contributed by atoms with E-state index in [1.165, 1.54) is 5.56 Å². The highest BCUT2D eigenvalue weighted by molar-refractivity contribution is 5.95. The van der Waals surface area contributed by atoms with Gasteiger partial charge in [-0.3, -0.25) is 4.79 Å². The van der Waals surface area contributed by atoms with Gasteiger partial charge in [0.25, 0.3) is 0 Å². The number of fused-ring (bicyclic) bond motifs is 1. The van der Waals surface area contributed by atoms with Crippen molar-refractivity contribution in [3.8, 4) is 11.3 Å². The average molecular weight is 307 g/mol. The molecular formula is C20H21NO2. The van der Waals surface area contributed by atoms with Crippen molar-refractivity contribution in [3.05, 3.63) is 59.2 Å². The molecule has 0 atom stereocenters. The number of carbonyl (C=O) groups is 1. The molecule has 0 bridgehead atoms. The van der Waals surface area contributed by atoms with E-state index in [1.54, 1.807) is 0 Å².